The van der Waals surface area contributed by atoms with Gasteiger partial charge in [0.2, 0.25) is 0 Å². The molecule has 2 fully saturated rings. The van der Waals surface area contributed by atoms with Crippen LogP contribution in [0.1, 0.15) is 25.7 Å². The molecule has 2 saturated heterocycles. The monoisotopic (exact) mass is 466 g/mol. The molecule has 0 radical (unpaired) electrons. The SMILES string of the molecule is O=C(NCCCCCCNC(=O)N[C@H]1OC[C@@H](O)[C@@H](O)[C@H]1O)N[C@@H]1OC[C@H](O)[C@H](O)[C@@H]1O. The third kappa shape index (κ3) is 7.97. The molecule has 2 rings (SSSR count). The molecule has 2 aliphatic heterocycles. The molecule has 8 atom stereocenters. The molecule has 14 nitrogen and oxygen atoms in total. The standard InChI is InChI=1S/C18H34N4O10/c23-9-7-31-15(13(27)11(9)25)21-17(29)19-5-3-1-2-4-6-20-18(30)22-16-14(28)12(26)10(24)8-32-16/h9-16,23-28H,1-8H2,(H2,19,21,29)(H2,20,22,30)/t9-,10+,11-,12+,13-,14+,15+,16-. The van der Waals surface area contributed by atoms with Crippen LogP contribution >= 0.6 is 0 Å². The van der Waals surface area contributed by atoms with Crippen LogP contribution in [0.2, 0.25) is 0 Å². The van der Waals surface area contributed by atoms with Crippen LogP contribution in [0.25, 0.3) is 0 Å². The number of nitrogens with one attached hydrogen (secondary N) is 4. The van der Waals surface area contributed by atoms with Gasteiger partial charge in [0.05, 0.1) is 13.2 Å². The lowest BCUT2D eigenvalue weighted by Gasteiger charge is -2.35. The largest absolute Gasteiger partial charge is 0.388 e. The second kappa shape index (κ2) is 13.1. The number of ether oxygens (including phenoxy) is 2. The van der Waals surface area contributed by atoms with Crippen molar-refractivity contribution in [1.82, 2.24) is 21.3 Å². The lowest BCUT2D eigenvalue weighted by Crippen LogP contribution is -2.60. The fourth-order valence-corrected chi connectivity index (χ4v) is 3.23. The predicted molar refractivity (Wildman–Crippen MR) is 107 cm³/mol. The number of carbonyl (C=O) groups excluding carboxylic acids is 2. The summed E-state index contributed by atoms with van der Waals surface area (Å²) in [5.74, 6) is 0. The van der Waals surface area contributed by atoms with Gasteiger partial charge in [0, 0.05) is 13.1 Å². The van der Waals surface area contributed by atoms with E-state index in [1.54, 1.807) is 0 Å². The summed E-state index contributed by atoms with van der Waals surface area (Å²) in [6.45, 7) is 0.348. The van der Waals surface area contributed by atoms with E-state index in [9.17, 15) is 40.2 Å². The Morgan fingerprint density at radius 1 is 0.625 bits per heavy atom. The first-order valence-corrected chi connectivity index (χ1v) is 10.6. The summed E-state index contributed by atoms with van der Waals surface area (Å²) >= 11 is 0. The maximum atomic E-state index is 11.8. The summed E-state index contributed by atoms with van der Waals surface area (Å²) < 4.78 is 10.2. The van der Waals surface area contributed by atoms with Crippen molar-refractivity contribution in [3.63, 3.8) is 0 Å². The highest BCUT2D eigenvalue weighted by molar-refractivity contribution is 5.74. The van der Waals surface area contributed by atoms with E-state index in [0.717, 1.165) is 12.8 Å². The number of unbranched alkanes of at least 4 members (excludes halogenated alkanes) is 3. The van der Waals surface area contributed by atoms with Gasteiger partial charge in [0.15, 0.2) is 12.5 Å². The Bertz CT molecular complexity index is 550. The van der Waals surface area contributed by atoms with E-state index in [0.29, 0.717) is 25.9 Å². The Kier molecular flexibility index (Phi) is 10.8. The summed E-state index contributed by atoms with van der Waals surface area (Å²) in [6, 6.07) is -1.14. The highest BCUT2D eigenvalue weighted by Gasteiger charge is 2.39. The van der Waals surface area contributed by atoms with E-state index in [1.165, 1.54) is 0 Å². The van der Waals surface area contributed by atoms with Gasteiger partial charge < -0.3 is 61.4 Å². The van der Waals surface area contributed by atoms with Crippen LogP contribution in [-0.2, 0) is 9.47 Å². The van der Waals surface area contributed by atoms with Gasteiger partial charge in [-0.3, -0.25) is 0 Å². The zero-order valence-corrected chi connectivity index (χ0v) is 17.6. The molecule has 0 bridgehead atoms. The molecule has 0 unspecified atom stereocenters. The number of amides is 4. The van der Waals surface area contributed by atoms with Crippen molar-refractivity contribution in [3.8, 4) is 0 Å². The van der Waals surface area contributed by atoms with Crippen molar-refractivity contribution in [3.05, 3.63) is 0 Å². The average Bonchev–Trinajstić information content (AvgIpc) is 2.76. The van der Waals surface area contributed by atoms with Gasteiger partial charge in [-0.05, 0) is 12.8 Å². The number of urea groups is 2. The van der Waals surface area contributed by atoms with Gasteiger partial charge in [-0.1, -0.05) is 12.8 Å². The van der Waals surface area contributed by atoms with Crippen LogP contribution in [0.3, 0.4) is 0 Å². The third-order valence-corrected chi connectivity index (χ3v) is 5.22. The van der Waals surface area contributed by atoms with E-state index in [1.807, 2.05) is 0 Å². The maximum Gasteiger partial charge on any atom is 0.316 e. The second-order valence-electron chi connectivity index (χ2n) is 7.82. The summed E-state index contributed by atoms with van der Waals surface area (Å²) in [4.78, 5) is 23.6. The minimum absolute atomic E-state index is 0.200. The van der Waals surface area contributed by atoms with Crippen molar-refractivity contribution >= 4 is 12.1 Å². The van der Waals surface area contributed by atoms with Gasteiger partial charge in [-0.15, -0.1) is 0 Å². The highest BCUT2D eigenvalue weighted by Crippen LogP contribution is 2.14. The molecule has 0 aromatic rings. The number of aliphatic hydroxyl groups is 6. The van der Waals surface area contributed by atoms with Crippen LogP contribution in [0, 0.1) is 0 Å². The molecule has 10 N–H and O–H groups in total. The molecule has 0 spiro atoms. The van der Waals surface area contributed by atoms with Gasteiger partial charge >= 0.3 is 12.1 Å². The molecular formula is C18H34N4O10. The molecule has 2 aliphatic rings. The summed E-state index contributed by atoms with van der Waals surface area (Å²) in [5, 5.41) is 67.4. The zero-order valence-electron chi connectivity index (χ0n) is 17.6. The molecule has 14 heteroatoms. The summed E-state index contributed by atoms with van der Waals surface area (Å²) in [7, 11) is 0. The summed E-state index contributed by atoms with van der Waals surface area (Å²) in [6.07, 6.45) is -7.38. The maximum absolute atomic E-state index is 11.8. The topological polar surface area (TPSA) is 222 Å². The Balaban J connectivity index is 1.47. The minimum Gasteiger partial charge on any atom is -0.388 e. The van der Waals surface area contributed by atoms with Gasteiger partial charge in [-0.25, -0.2) is 9.59 Å². The second-order valence-corrected chi connectivity index (χ2v) is 7.82. The van der Waals surface area contributed by atoms with Crippen molar-refractivity contribution in [2.45, 2.75) is 74.8 Å². The molecule has 186 valence electrons. The number of carbonyl (C=O) groups is 2. The highest BCUT2D eigenvalue weighted by atomic mass is 16.5. The first-order chi connectivity index (χ1) is 15.2. The number of aliphatic hydroxyl groups excluding tert-OH is 6. The molecule has 4 amide bonds. The molecule has 0 aliphatic carbocycles. The van der Waals surface area contributed by atoms with E-state index >= 15 is 0 Å². The Morgan fingerprint density at radius 2 is 1.00 bits per heavy atom. The Labute approximate surface area is 184 Å². The van der Waals surface area contributed by atoms with Crippen molar-refractivity contribution in [2.24, 2.45) is 0 Å². The minimum atomic E-state index is -1.43. The van der Waals surface area contributed by atoms with Crippen molar-refractivity contribution in [2.75, 3.05) is 26.3 Å². The molecule has 32 heavy (non-hydrogen) atoms. The third-order valence-electron chi connectivity index (χ3n) is 5.22. The summed E-state index contributed by atoms with van der Waals surface area (Å²) in [5.41, 5.74) is 0. The van der Waals surface area contributed by atoms with E-state index in [2.05, 4.69) is 21.3 Å². The Morgan fingerprint density at radius 3 is 1.38 bits per heavy atom. The first-order valence-electron chi connectivity index (χ1n) is 10.6. The molecular weight excluding hydrogens is 432 g/mol. The zero-order chi connectivity index (χ0) is 23.7. The predicted octanol–water partition coefficient (Wildman–Crippen LogP) is -3.98. The fourth-order valence-electron chi connectivity index (χ4n) is 3.23. The van der Waals surface area contributed by atoms with E-state index < -0.39 is 61.1 Å². The van der Waals surface area contributed by atoms with E-state index in [-0.39, 0.29) is 13.2 Å². The first kappa shape index (κ1) is 26.5. The van der Waals surface area contributed by atoms with Gasteiger partial charge in [-0.2, -0.15) is 0 Å². The lowest BCUT2D eigenvalue weighted by molar-refractivity contribution is -0.191. The number of hydrogen-bond acceptors (Lipinski definition) is 10. The fraction of sp³-hybridized carbons (Fsp3) is 0.889. The van der Waals surface area contributed by atoms with Crippen LogP contribution in [-0.4, -0.2) is 118 Å². The van der Waals surface area contributed by atoms with Crippen molar-refractivity contribution in [1.29, 1.82) is 0 Å². The van der Waals surface area contributed by atoms with Crippen LogP contribution in [0.4, 0.5) is 9.59 Å². The van der Waals surface area contributed by atoms with Crippen LogP contribution in [0.5, 0.6) is 0 Å². The normalized spacial score (nSPS) is 35.1. The van der Waals surface area contributed by atoms with Crippen molar-refractivity contribution < 1.29 is 49.7 Å². The smallest absolute Gasteiger partial charge is 0.316 e. The average molecular weight is 466 g/mol. The van der Waals surface area contributed by atoms with Gasteiger partial charge in [0.25, 0.3) is 0 Å². The Hall–Kier alpha value is -1.78. The van der Waals surface area contributed by atoms with E-state index in [4.69, 9.17) is 9.47 Å². The van der Waals surface area contributed by atoms with Gasteiger partial charge in [0.1, 0.15) is 36.6 Å². The molecule has 2 heterocycles. The van der Waals surface area contributed by atoms with Crippen LogP contribution < -0.4 is 21.3 Å². The lowest BCUT2D eigenvalue weighted by atomic mass is 10.0. The molecule has 0 aromatic carbocycles. The quantitative estimate of drug-likeness (QED) is 0.148. The molecule has 0 aromatic heterocycles. The van der Waals surface area contributed by atoms with Crippen LogP contribution in [0.15, 0.2) is 0 Å². The number of hydrogen-bond donors (Lipinski definition) is 10. The number of rotatable bonds is 9. The molecule has 0 saturated carbocycles.